The minimum absolute atomic E-state index is 0. The zero-order valence-electron chi connectivity index (χ0n) is 8.53. The van der Waals surface area contributed by atoms with Crippen molar-refractivity contribution in [1.29, 1.82) is 0 Å². The molecule has 0 atom stereocenters. The summed E-state index contributed by atoms with van der Waals surface area (Å²) in [6, 6.07) is 0. The monoisotopic (exact) mass is 172 g/mol. The van der Waals surface area contributed by atoms with Crippen molar-refractivity contribution in [2.24, 2.45) is 5.92 Å². The van der Waals surface area contributed by atoms with Crippen LogP contribution in [-0.2, 0) is 0 Å². The first kappa shape index (κ1) is 17.7. The second-order valence-electron chi connectivity index (χ2n) is 2.74. The molecule has 0 spiro atoms. The molecule has 0 unspecified atom stereocenters. The fourth-order valence-electron chi connectivity index (χ4n) is 1.31. The van der Waals surface area contributed by atoms with Gasteiger partial charge in [-0.15, -0.1) is 13.2 Å². The average Bonchev–Trinajstić information content (AvgIpc) is 2.13. The van der Waals surface area contributed by atoms with E-state index in [1.807, 2.05) is 13.8 Å². The van der Waals surface area contributed by atoms with Crippen LogP contribution in [0.4, 0.5) is 0 Å². The molecule has 1 fully saturated rings. The minimum atomic E-state index is 0. The maximum absolute atomic E-state index is 3.00. The first-order chi connectivity index (χ1) is 5.39. The van der Waals surface area contributed by atoms with Crippen LogP contribution in [0.15, 0.2) is 13.2 Å². The highest BCUT2D eigenvalue weighted by atomic mass is 14.1. The molecule has 1 aliphatic rings. The van der Waals surface area contributed by atoms with Crippen molar-refractivity contribution in [2.45, 2.75) is 60.3 Å². The molecule has 0 radical (unpaired) electrons. The molecule has 1 rings (SSSR count). The molecule has 0 bridgehead atoms. The summed E-state index contributed by atoms with van der Waals surface area (Å²) >= 11 is 0. The van der Waals surface area contributed by atoms with Crippen molar-refractivity contribution in [2.75, 3.05) is 0 Å². The predicted molar refractivity (Wildman–Crippen MR) is 61.6 cm³/mol. The topological polar surface area (TPSA) is 0 Å². The van der Waals surface area contributed by atoms with Gasteiger partial charge >= 0.3 is 0 Å². The Morgan fingerprint density at radius 3 is 1.42 bits per heavy atom. The fourth-order valence-corrected chi connectivity index (χ4v) is 1.31. The van der Waals surface area contributed by atoms with Crippen LogP contribution in [0.1, 0.15) is 60.3 Å². The van der Waals surface area contributed by atoms with E-state index in [1.165, 1.54) is 32.1 Å². The predicted octanol–water partition coefficient (Wildman–Crippen LogP) is 5.05. The van der Waals surface area contributed by atoms with Crippen LogP contribution in [0.5, 0.6) is 0 Å². The highest BCUT2D eigenvalue weighted by Crippen LogP contribution is 2.21. The summed E-state index contributed by atoms with van der Waals surface area (Å²) in [5.74, 6) is 1.04. The summed E-state index contributed by atoms with van der Waals surface area (Å²) < 4.78 is 0. The Morgan fingerprint density at radius 1 is 0.917 bits per heavy atom. The lowest BCUT2D eigenvalue weighted by Crippen LogP contribution is -1.99. The van der Waals surface area contributed by atoms with Crippen LogP contribution < -0.4 is 0 Å². The van der Waals surface area contributed by atoms with Gasteiger partial charge in [0.25, 0.3) is 0 Å². The Balaban J connectivity index is -0.000000144. The molecule has 0 nitrogen and oxygen atoms in total. The Morgan fingerprint density at radius 2 is 1.25 bits per heavy atom. The second-order valence-corrected chi connectivity index (χ2v) is 2.74. The van der Waals surface area contributed by atoms with Crippen molar-refractivity contribution >= 4 is 0 Å². The van der Waals surface area contributed by atoms with Crippen LogP contribution in [0, 0.1) is 5.92 Å². The molecule has 0 amide bonds. The van der Waals surface area contributed by atoms with Crippen LogP contribution in [0.25, 0.3) is 0 Å². The van der Waals surface area contributed by atoms with E-state index in [2.05, 4.69) is 20.1 Å². The Labute approximate surface area is 80.1 Å². The van der Waals surface area contributed by atoms with E-state index in [4.69, 9.17) is 0 Å². The molecule has 1 saturated carbocycles. The molecule has 0 heterocycles. The highest BCUT2D eigenvalue weighted by molar-refractivity contribution is 4.59. The van der Waals surface area contributed by atoms with Gasteiger partial charge in [0.1, 0.15) is 0 Å². The van der Waals surface area contributed by atoms with Crippen LogP contribution in [-0.4, -0.2) is 0 Å². The van der Waals surface area contributed by atoms with E-state index < -0.39 is 0 Å². The Kier molecular flexibility index (Phi) is 25.1. The first-order valence-corrected chi connectivity index (χ1v) is 4.89. The van der Waals surface area contributed by atoms with Gasteiger partial charge in [-0.1, -0.05) is 60.3 Å². The molecule has 0 aromatic heterocycles. The van der Waals surface area contributed by atoms with Gasteiger partial charge in [0.15, 0.2) is 0 Å². The van der Waals surface area contributed by atoms with Crippen LogP contribution >= 0.6 is 0 Å². The lowest BCUT2D eigenvalue weighted by atomic mass is 9.91. The zero-order chi connectivity index (χ0) is 9.11. The summed E-state index contributed by atoms with van der Waals surface area (Å²) in [6.45, 7) is 12.4. The molecule has 0 aromatic carbocycles. The van der Waals surface area contributed by atoms with Crippen molar-refractivity contribution in [3.63, 3.8) is 0 Å². The number of rotatable bonds is 0. The third-order valence-electron chi connectivity index (χ3n) is 1.89. The van der Waals surface area contributed by atoms with Gasteiger partial charge in [0.05, 0.1) is 0 Å². The van der Waals surface area contributed by atoms with Gasteiger partial charge < -0.3 is 0 Å². The molecule has 0 N–H and O–H groups in total. The number of hydrogen-bond acceptors (Lipinski definition) is 0. The second kappa shape index (κ2) is 17.0. The normalized spacial score (nSPS) is 15.6. The lowest BCUT2D eigenvalue weighted by Gasteiger charge is -2.15. The molecular formula is C12H28. The average molecular weight is 172 g/mol. The van der Waals surface area contributed by atoms with Gasteiger partial charge in [-0.3, -0.25) is 0 Å². The summed E-state index contributed by atoms with van der Waals surface area (Å²) in [7, 11) is 0. The Bertz CT molecular complexity index is 51.1. The van der Waals surface area contributed by atoms with Crippen LogP contribution in [0.3, 0.4) is 0 Å². The van der Waals surface area contributed by atoms with E-state index in [0.717, 1.165) is 5.92 Å². The maximum Gasteiger partial charge on any atom is -0.0443 e. The van der Waals surface area contributed by atoms with Crippen LogP contribution in [0.2, 0.25) is 0 Å². The standard InChI is InChI=1S/C7H14.C2H6.C2H4.CH4/c1-7-5-3-2-4-6-7;2*1-2;/h7H,2-6H2,1H3;1-2H3;1-2H2;1H4. The molecule has 0 aromatic rings. The van der Waals surface area contributed by atoms with E-state index in [1.54, 1.807) is 0 Å². The minimum Gasteiger partial charge on any atom is -0.106 e. The van der Waals surface area contributed by atoms with Crippen molar-refractivity contribution in [3.05, 3.63) is 13.2 Å². The number of hydrogen-bond donors (Lipinski definition) is 0. The summed E-state index contributed by atoms with van der Waals surface area (Å²) in [5.41, 5.74) is 0. The molecule has 12 heavy (non-hydrogen) atoms. The van der Waals surface area contributed by atoms with Crippen molar-refractivity contribution in [1.82, 2.24) is 0 Å². The third-order valence-corrected chi connectivity index (χ3v) is 1.89. The molecule has 76 valence electrons. The van der Waals surface area contributed by atoms with E-state index >= 15 is 0 Å². The highest BCUT2D eigenvalue weighted by Gasteiger charge is 2.05. The van der Waals surface area contributed by atoms with Gasteiger partial charge in [0, 0.05) is 0 Å². The van der Waals surface area contributed by atoms with E-state index in [9.17, 15) is 0 Å². The molecular weight excluding hydrogens is 144 g/mol. The third kappa shape index (κ3) is 12.4. The largest absolute Gasteiger partial charge is 0.106 e. The molecule has 0 heteroatoms. The van der Waals surface area contributed by atoms with Gasteiger partial charge in [-0.05, 0) is 5.92 Å². The SMILES string of the molecule is C.C=C.CC.CC1CCCCC1. The van der Waals surface area contributed by atoms with Gasteiger partial charge in [-0.2, -0.15) is 0 Å². The Hall–Kier alpha value is -0.260. The molecule has 1 aliphatic carbocycles. The summed E-state index contributed by atoms with van der Waals surface area (Å²) in [5, 5.41) is 0. The maximum atomic E-state index is 3.00. The molecule has 0 saturated heterocycles. The fraction of sp³-hybridized carbons (Fsp3) is 0.833. The van der Waals surface area contributed by atoms with E-state index in [-0.39, 0.29) is 7.43 Å². The van der Waals surface area contributed by atoms with E-state index in [0.29, 0.717) is 0 Å². The molecule has 0 aliphatic heterocycles. The summed E-state index contributed by atoms with van der Waals surface area (Å²) in [6.07, 6.45) is 7.44. The van der Waals surface area contributed by atoms with Crippen molar-refractivity contribution in [3.8, 4) is 0 Å². The van der Waals surface area contributed by atoms with Gasteiger partial charge in [0.2, 0.25) is 0 Å². The summed E-state index contributed by atoms with van der Waals surface area (Å²) in [4.78, 5) is 0. The van der Waals surface area contributed by atoms with Crippen molar-refractivity contribution < 1.29 is 0 Å². The van der Waals surface area contributed by atoms with Gasteiger partial charge in [-0.25, -0.2) is 0 Å². The quantitative estimate of drug-likeness (QED) is 0.448. The smallest absolute Gasteiger partial charge is 0.0443 e. The zero-order valence-corrected chi connectivity index (χ0v) is 8.53. The first-order valence-electron chi connectivity index (χ1n) is 4.89. The lowest BCUT2D eigenvalue weighted by molar-refractivity contribution is 0.385.